The lowest BCUT2D eigenvalue weighted by atomic mass is 10.1. The van der Waals surface area contributed by atoms with Crippen LogP contribution in [0.3, 0.4) is 0 Å². The molecule has 0 aliphatic carbocycles. The molecule has 6 nitrogen and oxygen atoms in total. The number of hydrogen-bond acceptors (Lipinski definition) is 6. The number of methoxy groups -OCH3 is 1. The fourth-order valence-electron chi connectivity index (χ4n) is 3.07. The summed E-state index contributed by atoms with van der Waals surface area (Å²) < 4.78 is 22.8. The average molecular weight is 411 g/mol. The Balaban J connectivity index is 1.73. The van der Waals surface area contributed by atoms with E-state index in [4.69, 9.17) is 23.9 Å². The lowest BCUT2D eigenvalue weighted by molar-refractivity contribution is 0.172. The van der Waals surface area contributed by atoms with Crippen LogP contribution in [0.1, 0.15) is 37.4 Å². The molecule has 0 atom stereocenters. The van der Waals surface area contributed by atoms with Crippen LogP contribution in [-0.2, 0) is 11.3 Å². The Morgan fingerprint density at radius 2 is 1.77 bits per heavy atom. The van der Waals surface area contributed by atoms with E-state index in [1.54, 1.807) is 19.4 Å². The van der Waals surface area contributed by atoms with Gasteiger partial charge in [-0.15, -0.1) is 0 Å². The Hall–Kier alpha value is -2.86. The third-order valence-corrected chi connectivity index (χ3v) is 4.75. The SMILES string of the molecule is CCCCOc1c(C)c(COc2cc(OCCCOC)ccn2)nc2ccccc12. The van der Waals surface area contributed by atoms with Gasteiger partial charge in [0, 0.05) is 43.4 Å². The van der Waals surface area contributed by atoms with E-state index in [1.165, 1.54) is 0 Å². The van der Waals surface area contributed by atoms with E-state index >= 15 is 0 Å². The van der Waals surface area contributed by atoms with Crippen molar-refractivity contribution in [2.75, 3.05) is 26.9 Å². The molecule has 0 radical (unpaired) electrons. The molecule has 160 valence electrons. The van der Waals surface area contributed by atoms with Gasteiger partial charge >= 0.3 is 0 Å². The van der Waals surface area contributed by atoms with Crippen molar-refractivity contribution in [3.8, 4) is 17.4 Å². The first-order valence-electron chi connectivity index (χ1n) is 10.4. The highest BCUT2D eigenvalue weighted by Gasteiger charge is 2.14. The molecule has 0 aliphatic heterocycles. The lowest BCUT2D eigenvalue weighted by Gasteiger charge is -2.16. The predicted molar refractivity (Wildman–Crippen MR) is 117 cm³/mol. The fourth-order valence-corrected chi connectivity index (χ4v) is 3.07. The van der Waals surface area contributed by atoms with Crippen molar-refractivity contribution in [2.24, 2.45) is 0 Å². The molecule has 0 bridgehead atoms. The molecule has 3 rings (SSSR count). The average Bonchev–Trinajstić information content (AvgIpc) is 2.77. The van der Waals surface area contributed by atoms with Gasteiger partial charge in [0.2, 0.25) is 5.88 Å². The zero-order valence-corrected chi connectivity index (χ0v) is 18.0. The highest BCUT2D eigenvalue weighted by molar-refractivity contribution is 5.86. The van der Waals surface area contributed by atoms with Crippen LogP contribution < -0.4 is 14.2 Å². The molecule has 3 aromatic rings. The smallest absolute Gasteiger partial charge is 0.217 e. The first-order valence-corrected chi connectivity index (χ1v) is 10.4. The topological polar surface area (TPSA) is 62.7 Å². The van der Waals surface area contributed by atoms with E-state index in [1.807, 2.05) is 37.3 Å². The molecule has 1 aromatic carbocycles. The maximum absolute atomic E-state index is 6.13. The minimum absolute atomic E-state index is 0.306. The fraction of sp³-hybridized carbons (Fsp3) is 0.417. The van der Waals surface area contributed by atoms with Crippen LogP contribution in [0.2, 0.25) is 0 Å². The van der Waals surface area contributed by atoms with Gasteiger partial charge in [-0.05, 0) is 31.5 Å². The standard InChI is InChI=1S/C24H30N2O4/c1-4-5-14-29-24-18(2)22(26-21-10-7-6-9-20(21)24)17-30-23-16-19(11-12-25-23)28-15-8-13-27-3/h6-7,9-12,16H,4-5,8,13-15,17H2,1-3H3. The Labute approximate surface area is 178 Å². The number of benzene rings is 1. The minimum Gasteiger partial charge on any atom is -0.493 e. The summed E-state index contributed by atoms with van der Waals surface area (Å²) in [6.07, 6.45) is 4.62. The van der Waals surface area contributed by atoms with Gasteiger partial charge in [0.15, 0.2) is 0 Å². The molecule has 30 heavy (non-hydrogen) atoms. The molecule has 0 unspecified atom stereocenters. The third kappa shape index (κ3) is 5.83. The third-order valence-electron chi connectivity index (χ3n) is 4.75. The summed E-state index contributed by atoms with van der Waals surface area (Å²) in [6.45, 7) is 6.44. The number of para-hydroxylation sites is 1. The van der Waals surface area contributed by atoms with Gasteiger partial charge in [-0.25, -0.2) is 9.97 Å². The maximum atomic E-state index is 6.13. The summed E-state index contributed by atoms with van der Waals surface area (Å²) in [5.41, 5.74) is 2.74. The molecule has 2 heterocycles. The molecule has 0 fully saturated rings. The second-order valence-corrected chi connectivity index (χ2v) is 7.05. The van der Waals surface area contributed by atoms with Gasteiger partial charge in [-0.3, -0.25) is 0 Å². The van der Waals surface area contributed by atoms with Gasteiger partial charge in [0.25, 0.3) is 0 Å². The van der Waals surface area contributed by atoms with Crippen LogP contribution in [0.15, 0.2) is 42.6 Å². The highest BCUT2D eigenvalue weighted by atomic mass is 16.5. The quantitative estimate of drug-likeness (QED) is 0.387. The number of hydrogen-bond donors (Lipinski definition) is 0. The van der Waals surface area contributed by atoms with Crippen LogP contribution in [0.5, 0.6) is 17.4 Å². The molecular formula is C24H30N2O4. The van der Waals surface area contributed by atoms with Crippen molar-refractivity contribution in [3.05, 3.63) is 53.9 Å². The molecule has 2 aromatic heterocycles. The monoisotopic (exact) mass is 410 g/mol. The molecule has 0 saturated heterocycles. The Morgan fingerprint density at radius 1 is 0.933 bits per heavy atom. The van der Waals surface area contributed by atoms with E-state index in [0.29, 0.717) is 32.3 Å². The number of rotatable bonds is 12. The molecule has 6 heteroatoms. The summed E-state index contributed by atoms with van der Waals surface area (Å²) in [7, 11) is 1.68. The van der Waals surface area contributed by atoms with E-state index in [0.717, 1.165) is 52.9 Å². The molecule has 0 spiro atoms. The number of nitrogens with zero attached hydrogens (tertiary/aromatic N) is 2. The zero-order valence-electron chi connectivity index (χ0n) is 18.0. The van der Waals surface area contributed by atoms with Crippen molar-refractivity contribution in [1.29, 1.82) is 0 Å². The van der Waals surface area contributed by atoms with Crippen molar-refractivity contribution < 1.29 is 18.9 Å². The van der Waals surface area contributed by atoms with Crippen LogP contribution in [0, 0.1) is 6.92 Å². The van der Waals surface area contributed by atoms with Gasteiger partial charge < -0.3 is 18.9 Å². The van der Waals surface area contributed by atoms with E-state index < -0.39 is 0 Å². The number of ether oxygens (including phenoxy) is 4. The molecular weight excluding hydrogens is 380 g/mol. The van der Waals surface area contributed by atoms with Crippen LogP contribution in [0.4, 0.5) is 0 Å². The first kappa shape index (κ1) is 21.8. The van der Waals surface area contributed by atoms with E-state index in [-0.39, 0.29) is 0 Å². The van der Waals surface area contributed by atoms with Gasteiger partial charge in [-0.2, -0.15) is 0 Å². The number of unbranched alkanes of at least 4 members (excludes halogenated alkanes) is 1. The number of fused-ring (bicyclic) bond motifs is 1. The zero-order chi connectivity index (χ0) is 21.2. The van der Waals surface area contributed by atoms with E-state index in [9.17, 15) is 0 Å². The van der Waals surface area contributed by atoms with Crippen molar-refractivity contribution >= 4 is 10.9 Å². The largest absolute Gasteiger partial charge is 0.493 e. The normalized spacial score (nSPS) is 10.9. The summed E-state index contributed by atoms with van der Waals surface area (Å²) >= 11 is 0. The molecule has 0 N–H and O–H groups in total. The number of pyridine rings is 2. The summed E-state index contributed by atoms with van der Waals surface area (Å²) in [4.78, 5) is 9.08. The lowest BCUT2D eigenvalue weighted by Crippen LogP contribution is -2.07. The Kier molecular flexibility index (Phi) is 8.27. The molecule has 0 aliphatic rings. The second kappa shape index (κ2) is 11.4. The van der Waals surface area contributed by atoms with Crippen molar-refractivity contribution in [3.63, 3.8) is 0 Å². The van der Waals surface area contributed by atoms with Gasteiger partial charge in [-0.1, -0.05) is 25.5 Å². The molecule has 0 saturated carbocycles. The summed E-state index contributed by atoms with van der Waals surface area (Å²) in [6, 6.07) is 11.6. The van der Waals surface area contributed by atoms with Crippen LogP contribution >= 0.6 is 0 Å². The Bertz CT molecular complexity index is 946. The first-order chi connectivity index (χ1) is 14.7. The Morgan fingerprint density at radius 3 is 2.60 bits per heavy atom. The summed E-state index contributed by atoms with van der Waals surface area (Å²) in [5, 5.41) is 1.03. The minimum atomic E-state index is 0.306. The second-order valence-electron chi connectivity index (χ2n) is 7.05. The highest BCUT2D eigenvalue weighted by Crippen LogP contribution is 2.31. The maximum Gasteiger partial charge on any atom is 0.217 e. The molecule has 0 amide bonds. The van der Waals surface area contributed by atoms with E-state index in [2.05, 4.69) is 11.9 Å². The van der Waals surface area contributed by atoms with Gasteiger partial charge in [0.05, 0.1) is 24.4 Å². The van der Waals surface area contributed by atoms with Crippen molar-refractivity contribution in [2.45, 2.75) is 39.7 Å². The van der Waals surface area contributed by atoms with Crippen molar-refractivity contribution in [1.82, 2.24) is 9.97 Å². The number of aromatic nitrogens is 2. The van der Waals surface area contributed by atoms with Crippen LogP contribution in [-0.4, -0.2) is 36.9 Å². The van der Waals surface area contributed by atoms with Gasteiger partial charge in [0.1, 0.15) is 18.1 Å². The summed E-state index contributed by atoms with van der Waals surface area (Å²) in [5.74, 6) is 2.11. The predicted octanol–water partition coefficient (Wildman–Crippen LogP) is 5.11. The van der Waals surface area contributed by atoms with Crippen LogP contribution in [0.25, 0.3) is 10.9 Å².